The summed E-state index contributed by atoms with van der Waals surface area (Å²) in [6.07, 6.45) is 3.43. The van der Waals surface area contributed by atoms with E-state index in [1.807, 2.05) is 17.9 Å². The molecule has 5 nitrogen and oxygen atoms in total. The number of hydrogen-bond acceptors (Lipinski definition) is 4. The van der Waals surface area contributed by atoms with E-state index in [1.165, 1.54) is 0 Å². The maximum Gasteiger partial charge on any atom is 0.240 e. The summed E-state index contributed by atoms with van der Waals surface area (Å²) >= 11 is 0. The number of rotatable bonds is 2. The number of aromatic nitrogens is 1. The highest BCUT2D eigenvalue weighted by Gasteiger charge is 2.31. The Morgan fingerprint density at radius 3 is 3.06 bits per heavy atom. The van der Waals surface area contributed by atoms with Crippen LogP contribution in [-0.4, -0.2) is 23.5 Å². The van der Waals surface area contributed by atoms with Crippen LogP contribution in [0.2, 0.25) is 0 Å². The Morgan fingerprint density at radius 1 is 1.62 bits per heavy atom. The number of nitrogens with two attached hydrogens (primary N) is 2. The van der Waals surface area contributed by atoms with Gasteiger partial charge in [-0.1, -0.05) is 0 Å². The van der Waals surface area contributed by atoms with Gasteiger partial charge in [-0.25, -0.2) is 4.98 Å². The first-order chi connectivity index (χ1) is 7.61. The summed E-state index contributed by atoms with van der Waals surface area (Å²) < 4.78 is 0. The maximum absolute atomic E-state index is 11.3. The van der Waals surface area contributed by atoms with Gasteiger partial charge < -0.3 is 16.4 Å². The first-order valence-electron chi connectivity index (χ1n) is 5.38. The van der Waals surface area contributed by atoms with Crippen molar-refractivity contribution >= 4 is 17.4 Å². The zero-order valence-corrected chi connectivity index (χ0v) is 9.31. The van der Waals surface area contributed by atoms with Gasteiger partial charge in [0.15, 0.2) is 5.82 Å². The van der Waals surface area contributed by atoms with Gasteiger partial charge in [-0.05, 0) is 31.4 Å². The van der Waals surface area contributed by atoms with Gasteiger partial charge >= 0.3 is 0 Å². The summed E-state index contributed by atoms with van der Waals surface area (Å²) in [5.74, 6) is 0.376. The number of pyridine rings is 1. The predicted octanol–water partition coefficient (Wildman–Crippen LogP) is 0.426. The molecule has 0 aromatic carbocycles. The number of nitrogens with zero attached hydrogens (tertiary/aromatic N) is 2. The zero-order chi connectivity index (χ0) is 11.7. The number of hydrogen-bond donors (Lipinski definition) is 2. The monoisotopic (exact) mass is 220 g/mol. The van der Waals surface area contributed by atoms with Gasteiger partial charge in [-0.3, -0.25) is 4.79 Å². The molecule has 1 aromatic heterocycles. The summed E-state index contributed by atoms with van der Waals surface area (Å²) in [4.78, 5) is 17.4. The third kappa shape index (κ3) is 1.68. The molecule has 1 saturated heterocycles. The van der Waals surface area contributed by atoms with E-state index in [0.29, 0.717) is 11.5 Å². The fraction of sp³-hybridized carbons (Fsp3) is 0.455. The molecule has 2 rings (SSSR count). The van der Waals surface area contributed by atoms with Crippen molar-refractivity contribution in [1.29, 1.82) is 0 Å². The molecular weight excluding hydrogens is 204 g/mol. The largest absolute Gasteiger partial charge is 0.396 e. The molecule has 1 fully saturated rings. The van der Waals surface area contributed by atoms with E-state index in [9.17, 15) is 4.79 Å². The van der Waals surface area contributed by atoms with Crippen LogP contribution < -0.4 is 16.4 Å². The highest BCUT2D eigenvalue weighted by molar-refractivity contribution is 5.85. The minimum atomic E-state index is -0.305. The predicted molar refractivity (Wildman–Crippen MR) is 62.9 cm³/mol. The fourth-order valence-corrected chi connectivity index (χ4v) is 2.10. The summed E-state index contributed by atoms with van der Waals surface area (Å²) in [7, 11) is 0. The van der Waals surface area contributed by atoms with Crippen LogP contribution >= 0.6 is 0 Å². The lowest BCUT2D eigenvalue weighted by atomic mass is 10.2. The second kappa shape index (κ2) is 4.00. The molecule has 1 aliphatic heterocycles. The van der Waals surface area contributed by atoms with Gasteiger partial charge in [0.1, 0.15) is 6.04 Å². The van der Waals surface area contributed by atoms with E-state index >= 15 is 0 Å². The first kappa shape index (κ1) is 10.7. The average molecular weight is 220 g/mol. The molecule has 5 heteroatoms. The molecule has 86 valence electrons. The van der Waals surface area contributed by atoms with E-state index in [0.717, 1.165) is 24.9 Å². The molecule has 0 radical (unpaired) electrons. The van der Waals surface area contributed by atoms with Crippen molar-refractivity contribution in [3.8, 4) is 0 Å². The van der Waals surface area contributed by atoms with Crippen molar-refractivity contribution in [3.05, 3.63) is 17.8 Å². The Morgan fingerprint density at radius 2 is 2.38 bits per heavy atom. The molecule has 16 heavy (non-hydrogen) atoms. The Hall–Kier alpha value is -1.78. The van der Waals surface area contributed by atoms with Crippen LogP contribution in [0.25, 0.3) is 0 Å². The Labute approximate surface area is 94.4 Å². The topological polar surface area (TPSA) is 85.2 Å². The smallest absolute Gasteiger partial charge is 0.240 e. The maximum atomic E-state index is 11.3. The molecule has 0 saturated carbocycles. The van der Waals surface area contributed by atoms with Crippen LogP contribution in [0.15, 0.2) is 12.3 Å². The van der Waals surface area contributed by atoms with Crippen LogP contribution in [0.1, 0.15) is 18.4 Å². The van der Waals surface area contributed by atoms with Crippen LogP contribution in [0, 0.1) is 6.92 Å². The molecule has 1 unspecified atom stereocenters. The number of primary amides is 1. The first-order valence-corrected chi connectivity index (χ1v) is 5.38. The fourth-order valence-electron chi connectivity index (χ4n) is 2.10. The lowest BCUT2D eigenvalue weighted by Gasteiger charge is -2.24. The highest BCUT2D eigenvalue weighted by atomic mass is 16.1. The second-order valence-corrected chi connectivity index (χ2v) is 4.12. The van der Waals surface area contributed by atoms with E-state index in [-0.39, 0.29) is 11.9 Å². The van der Waals surface area contributed by atoms with Gasteiger partial charge in [-0.2, -0.15) is 0 Å². The molecule has 1 amide bonds. The van der Waals surface area contributed by atoms with Crippen molar-refractivity contribution < 1.29 is 4.79 Å². The molecule has 4 N–H and O–H groups in total. The van der Waals surface area contributed by atoms with Gasteiger partial charge in [0.25, 0.3) is 0 Å². The standard InChI is InChI=1S/C11H16N4O/c1-7-4-5-14-11(9(7)12)15-6-2-3-8(15)10(13)16/h4-5,8H,2-3,6,12H2,1H3,(H2,13,16). The number of carbonyl (C=O) groups excluding carboxylic acids is 1. The van der Waals surface area contributed by atoms with Crippen molar-refractivity contribution in [2.24, 2.45) is 5.73 Å². The lowest BCUT2D eigenvalue weighted by Crippen LogP contribution is -2.41. The molecule has 1 atom stereocenters. The molecule has 0 aliphatic carbocycles. The van der Waals surface area contributed by atoms with Crippen molar-refractivity contribution in [2.75, 3.05) is 17.2 Å². The molecule has 0 spiro atoms. The Balaban J connectivity index is 2.36. The number of aryl methyl sites for hydroxylation is 1. The summed E-state index contributed by atoms with van der Waals surface area (Å²) in [6.45, 7) is 2.71. The zero-order valence-electron chi connectivity index (χ0n) is 9.31. The van der Waals surface area contributed by atoms with E-state index in [4.69, 9.17) is 11.5 Å². The number of carbonyl (C=O) groups is 1. The molecule has 2 heterocycles. The summed E-state index contributed by atoms with van der Waals surface area (Å²) in [6, 6.07) is 1.59. The molecular formula is C11H16N4O. The van der Waals surface area contributed by atoms with Crippen molar-refractivity contribution in [1.82, 2.24) is 4.98 Å². The van der Waals surface area contributed by atoms with Gasteiger partial charge in [0, 0.05) is 12.7 Å². The Kier molecular flexibility index (Phi) is 2.68. The Bertz CT molecular complexity index is 418. The number of amides is 1. The minimum Gasteiger partial charge on any atom is -0.396 e. The normalized spacial score (nSPS) is 20.1. The summed E-state index contributed by atoms with van der Waals surface area (Å²) in [5.41, 5.74) is 12.9. The van der Waals surface area contributed by atoms with Crippen LogP contribution in [-0.2, 0) is 4.79 Å². The average Bonchev–Trinajstić information content (AvgIpc) is 2.70. The second-order valence-electron chi connectivity index (χ2n) is 4.12. The summed E-state index contributed by atoms with van der Waals surface area (Å²) in [5, 5.41) is 0. The third-order valence-corrected chi connectivity index (χ3v) is 3.04. The van der Waals surface area contributed by atoms with E-state index in [2.05, 4.69) is 4.98 Å². The third-order valence-electron chi connectivity index (χ3n) is 3.04. The lowest BCUT2D eigenvalue weighted by molar-refractivity contribution is -0.119. The molecule has 1 aromatic rings. The van der Waals surface area contributed by atoms with Crippen LogP contribution in [0.5, 0.6) is 0 Å². The number of nitrogen functional groups attached to an aromatic ring is 1. The molecule has 0 bridgehead atoms. The van der Waals surface area contributed by atoms with E-state index < -0.39 is 0 Å². The van der Waals surface area contributed by atoms with Crippen molar-refractivity contribution in [3.63, 3.8) is 0 Å². The van der Waals surface area contributed by atoms with Gasteiger partial charge in [0.2, 0.25) is 5.91 Å². The highest BCUT2D eigenvalue weighted by Crippen LogP contribution is 2.29. The van der Waals surface area contributed by atoms with Crippen LogP contribution in [0.4, 0.5) is 11.5 Å². The van der Waals surface area contributed by atoms with Crippen molar-refractivity contribution in [2.45, 2.75) is 25.8 Å². The minimum absolute atomic E-state index is 0.267. The van der Waals surface area contributed by atoms with E-state index in [1.54, 1.807) is 6.20 Å². The molecule has 1 aliphatic rings. The SMILES string of the molecule is Cc1ccnc(N2CCCC2C(N)=O)c1N. The number of anilines is 2. The van der Waals surface area contributed by atoms with Gasteiger partial charge in [-0.15, -0.1) is 0 Å². The van der Waals surface area contributed by atoms with Gasteiger partial charge in [0.05, 0.1) is 5.69 Å². The quantitative estimate of drug-likeness (QED) is 0.756. The van der Waals surface area contributed by atoms with Crippen LogP contribution in [0.3, 0.4) is 0 Å².